The second-order valence-electron chi connectivity index (χ2n) is 5.55. The van der Waals surface area contributed by atoms with Crippen LogP contribution in [0.3, 0.4) is 0 Å². The van der Waals surface area contributed by atoms with Crippen LogP contribution in [0.25, 0.3) is 0 Å². The van der Waals surface area contributed by atoms with E-state index >= 15 is 0 Å². The maximum absolute atomic E-state index is 11.8. The summed E-state index contributed by atoms with van der Waals surface area (Å²) in [6.45, 7) is 4.20. The van der Waals surface area contributed by atoms with E-state index in [1.807, 2.05) is 6.92 Å². The molecule has 22 heavy (non-hydrogen) atoms. The molecule has 3 rings (SSSR count). The van der Waals surface area contributed by atoms with Gasteiger partial charge in [-0.05, 0) is 44.0 Å². The van der Waals surface area contributed by atoms with E-state index in [0.29, 0.717) is 17.5 Å². The van der Waals surface area contributed by atoms with Crippen molar-refractivity contribution >= 4 is 15.5 Å². The van der Waals surface area contributed by atoms with Gasteiger partial charge in [-0.1, -0.05) is 6.92 Å². The van der Waals surface area contributed by atoms with Crippen LogP contribution in [0.2, 0.25) is 0 Å². The zero-order valence-electron chi connectivity index (χ0n) is 12.8. The second kappa shape index (κ2) is 5.72. The van der Waals surface area contributed by atoms with Gasteiger partial charge in [0.1, 0.15) is 5.82 Å². The van der Waals surface area contributed by atoms with E-state index < -0.39 is 9.84 Å². The molecule has 1 N–H and O–H groups in total. The maximum atomic E-state index is 11.8. The van der Waals surface area contributed by atoms with Crippen molar-refractivity contribution in [3.05, 3.63) is 35.9 Å². The Morgan fingerprint density at radius 3 is 2.50 bits per heavy atom. The highest BCUT2D eigenvalue weighted by Gasteiger charge is 2.27. The molecule has 0 bridgehead atoms. The highest BCUT2D eigenvalue weighted by atomic mass is 32.2. The zero-order valence-corrected chi connectivity index (χ0v) is 13.6. The summed E-state index contributed by atoms with van der Waals surface area (Å²) in [6, 6.07) is 7.39. The summed E-state index contributed by atoms with van der Waals surface area (Å²) in [5, 5.41) is 11.6. The number of rotatable bonds is 6. The molecule has 118 valence electrons. The summed E-state index contributed by atoms with van der Waals surface area (Å²) in [4.78, 5) is 0.359. The van der Waals surface area contributed by atoms with Gasteiger partial charge in [-0.25, -0.2) is 8.42 Å². The molecule has 1 aliphatic carbocycles. The number of sulfone groups is 1. The molecule has 0 spiro atoms. The Hall–Kier alpha value is -1.89. The third kappa shape index (κ3) is 2.99. The van der Waals surface area contributed by atoms with Gasteiger partial charge in [0.15, 0.2) is 15.7 Å². The highest BCUT2D eigenvalue weighted by molar-refractivity contribution is 7.91. The molecule has 1 aromatic carbocycles. The summed E-state index contributed by atoms with van der Waals surface area (Å²) < 4.78 is 25.7. The minimum atomic E-state index is -3.14. The summed E-state index contributed by atoms with van der Waals surface area (Å²) >= 11 is 0. The predicted octanol–water partition coefficient (Wildman–Crippen LogP) is 2.33. The number of anilines is 1. The number of aryl methyl sites for hydroxylation is 1. The molecule has 0 radical (unpaired) electrons. The number of aromatic nitrogens is 3. The lowest BCUT2D eigenvalue weighted by Crippen LogP contribution is -2.09. The molecule has 7 heteroatoms. The van der Waals surface area contributed by atoms with Crippen LogP contribution in [0.4, 0.5) is 5.69 Å². The Balaban J connectivity index is 1.70. The lowest BCUT2D eigenvalue weighted by molar-refractivity contribution is 0.597. The molecule has 1 fully saturated rings. The van der Waals surface area contributed by atoms with E-state index in [9.17, 15) is 8.42 Å². The van der Waals surface area contributed by atoms with Gasteiger partial charge in [0.25, 0.3) is 0 Å². The third-order valence-corrected chi connectivity index (χ3v) is 5.64. The normalized spacial score (nSPS) is 15.0. The molecule has 0 saturated heterocycles. The molecular weight excluding hydrogens is 300 g/mol. The van der Waals surface area contributed by atoms with Crippen molar-refractivity contribution < 1.29 is 8.42 Å². The second-order valence-corrected chi connectivity index (χ2v) is 7.82. The van der Waals surface area contributed by atoms with Crippen LogP contribution in [-0.4, -0.2) is 28.9 Å². The van der Waals surface area contributed by atoms with Crippen LogP contribution in [0, 0.1) is 6.92 Å². The lowest BCUT2D eigenvalue weighted by atomic mass is 10.3. The van der Waals surface area contributed by atoms with Gasteiger partial charge in [0.2, 0.25) is 0 Å². The molecule has 6 nitrogen and oxygen atoms in total. The van der Waals surface area contributed by atoms with E-state index in [4.69, 9.17) is 0 Å². The molecule has 0 atom stereocenters. The molecule has 2 aromatic rings. The molecule has 0 unspecified atom stereocenters. The lowest BCUT2D eigenvalue weighted by Gasteiger charge is -2.09. The minimum absolute atomic E-state index is 0.115. The smallest absolute Gasteiger partial charge is 0.178 e. The Morgan fingerprint density at radius 2 is 1.91 bits per heavy atom. The van der Waals surface area contributed by atoms with Crippen molar-refractivity contribution in [2.45, 2.75) is 44.2 Å². The van der Waals surface area contributed by atoms with Gasteiger partial charge in [-0.2, -0.15) is 0 Å². The van der Waals surface area contributed by atoms with Crippen LogP contribution in [0.15, 0.2) is 29.2 Å². The van der Waals surface area contributed by atoms with Gasteiger partial charge >= 0.3 is 0 Å². The fraction of sp³-hybridized carbons (Fsp3) is 0.467. The summed E-state index contributed by atoms with van der Waals surface area (Å²) in [7, 11) is -3.14. The number of nitrogens with one attached hydrogen (secondary N) is 1. The Bertz CT molecular complexity index is 761. The van der Waals surface area contributed by atoms with Gasteiger partial charge in [0.05, 0.1) is 17.2 Å². The van der Waals surface area contributed by atoms with E-state index in [1.54, 1.807) is 31.2 Å². The Labute approximate surface area is 130 Å². The maximum Gasteiger partial charge on any atom is 0.178 e. The SMILES string of the molecule is CCS(=O)(=O)c1ccc(NCc2nnc(C)n2C2CC2)cc1. The van der Waals surface area contributed by atoms with Crippen molar-refractivity contribution in [2.75, 3.05) is 11.1 Å². The van der Waals surface area contributed by atoms with Crippen molar-refractivity contribution in [1.82, 2.24) is 14.8 Å². The van der Waals surface area contributed by atoms with Crippen molar-refractivity contribution in [3.8, 4) is 0 Å². The average Bonchev–Trinajstić information content (AvgIpc) is 3.29. The number of benzene rings is 1. The average molecular weight is 320 g/mol. The fourth-order valence-corrected chi connectivity index (χ4v) is 3.35. The standard InChI is InChI=1S/C15H20N4O2S/c1-3-22(20,21)14-8-4-12(5-9-14)16-10-15-18-17-11(2)19(15)13-6-7-13/h4-5,8-9,13,16H,3,6-7,10H2,1-2H3. The number of nitrogens with zero attached hydrogens (tertiary/aromatic N) is 3. The third-order valence-electron chi connectivity index (χ3n) is 3.89. The van der Waals surface area contributed by atoms with Crippen LogP contribution >= 0.6 is 0 Å². The van der Waals surface area contributed by atoms with E-state index in [0.717, 1.165) is 17.3 Å². The first-order chi connectivity index (χ1) is 10.5. The van der Waals surface area contributed by atoms with E-state index in [-0.39, 0.29) is 5.75 Å². The monoisotopic (exact) mass is 320 g/mol. The molecule has 1 aliphatic rings. The largest absolute Gasteiger partial charge is 0.378 e. The quantitative estimate of drug-likeness (QED) is 0.884. The topological polar surface area (TPSA) is 76.9 Å². The van der Waals surface area contributed by atoms with Gasteiger partial charge < -0.3 is 9.88 Å². The fourth-order valence-electron chi connectivity index (χ4n) is 2.47. The van der Waals surface area contributed by atoms with E-state index in [1.165, 1.54) is 12.8 Å². The highest BCUT2D eigenvalue weighted by Crippen LogP contribution is 2.36. The summed E-state index contributed by atoms with van der Waals surface area (Å²) in [5.74, 6) is 1.98. The molecule has 0 aliphatic heterocycles. The molecular formula is C15H20N4O2S. The van der Waals surface area contributed by atoms with Crippen molar-refractivity contribution in [1.29, 1.82) is 0 Å². The van der Waals surface area contributed by atoms with Gasteiger partial charge in [-0.3, -0.25) is 0 Å². The first-order valence-corrected chi connectivity index (χ1v) is 9.13. The van der Waals surface area contributed by atoms with Crippen molar-refractivity contribution in [2.24, 2.45) is 0 Å². The van der Waals surface area contributed by atoms with E-state index in [2.05, 4.69) is 20.1 Å². The Morgan fingerprint density at radius 1 is 1.23 bits per heavy atom. The number of hydrogen-bond acceptors (Lipinski definition) is 5. The first-order valence-electron chi connectivity index (χ1n) is 7.48. The molecule has 1 aromatic heterocycles. The first kappa shape index (κ1) is 15.0. The van der Waals surface area contributed by atoms with Crippen LogP contribution in [-0.2, 0) is 16.4 Å². The van der Waals surface area contributed by atoms with Crippen LogP contribution in [0.5, 0.6) is 0 Å². The molecule has 0 amide bonds. The molecule has 1 saturated carbocycles. The minimum Gasteiger partial charge on any atom is -0.378 e. The zero-order chi connectivity index (χ0) is 15.7. The summed E-state index contributed by atoms with van der Waals surface area (Å²) in [6.07, 6.45) is 2.38. The summed E-state index contributed by atoms with van der Waals surface area (Å²) in [5.41, 5.74) is 0.873. The number of hydrogen-bond donors (Lipinski definition) is 1. The molecule has 1 heterocycles. The Kier molecular flexibility index (Phi) is 3.90. The van der Waals surface area contributed by atoms with Gasteiger partial charge in [0, 0.05) is 11.7 Å². The van der Waals surface area contributed by atoms with Crippen molar-refractivity contribution in [3.63, 3.8) is 0 Å². The van der Waals surface area contributed by atoms with Gasteiger partial charge in [-0.15, -0.1) is 10.2 Å². The van der Waals surface area contributed by atoms with Crippen LogP contribution in [0.1, 0.15) is 37.5 Å². The van der Waals surface area contributed by atoms with Crippen LogP contribution < -0.4 is 5.32 Å². The predicted molar refractivity (Wildman–Crippen MR) is 84.5 cm³/mol.